The molecule has 0 spiro atoms. The van der Waals surface area contributed by atoms with Crippen molar-refractivity contribution in [3.8, 4) is 0 Å². The van der Waals surface area contributed by atoms with Gasteiger partial charge in [-0.3, -0.25) is 9.59 Å². The maximum atomic E-state index is 12.2. The molecule has 0 aromatic heterocycles. The minimum atomic E-state index is 0.00436. The maximum absolute atomic E-state index is 12.2. The molecule has 2 fully saturated rings. The minimum absolute atomic E-state index is 0.00436. The van der Waals surface area contributed by atoms with Crippen molar-refractivity contribution in [3.05, 3.63) is 34.3 Å². The Hall–Kier alpha value is -1.20. The molecule has 1 amide bonds. The van der Waals surface area contributed by atoms with Gasteiger partial charge in [0.1, 0.15) is 0 Å². The van der Waals surface area contributed by atoms with E-state index in [9.17, 15) is 9.59 Å². The molecule has 1 aromatic rings. The van der Waals surface area contributed by atoms with Crippen molar-refractivity contribution >= 4 is 27.6 Å². The van der Waals surface area contributed by atoms with Crippen LogP contribution in [0.15, 0.2) is 28.7 Å². The fraction of sp³-hybridized carbons (Fsp3) is 0.619. The molecule has 1 N–H and O–H groups in total. The molecule has 0 bridgehead atoms. The predicted octanol–water partition coefficient (Wildman–Crippen LogP) is 4.18. The Kier molecular flexibility index (Phi) is 7.26. The van der Waals surface area contributed by atoms with Crippen molar-refractivity contribution in [2.45, 2.75) is 57.4 Å². The summed E-state index contributed by atoms with van der Waals surface area (Å²) in [5.74, 6) is 0.925. The van der Waals surface area contributed by atoms with Crippen molar-refractivity contribution in [1.29, 1.82) is 0 Å². The van der Waals surface area contributed by atoms with Gasteiger partial charge in [0, 0.05) is 48.6 Å². The van der Waals surface area contributed by atoms with Gasteiger partial charge in [-0.25, -0.2) is 0 Å². The number of carbonyl (C=O) groups is 2. The average molecular weight is 421 g/mol. The number of rotatable bonds is 7. The van der Waals surface area contributed by atoms with Crippen LogP contribution in [0.5, 0.6) is 0 Å². The number of nitrogens with one attached hydrogen (secondary N) is 1. The molecular formula is C21H29BrN2O2. The highest BCUT2D eigenvalue weighted by atomic mass is 79.9. The third kappa shape index (κ3) is 5.92. The molecule has 142 valence electrons. The van der Waals surface area contributed by atoms with Crippen LogP contribution in [0.4, 0.5) is 0 Å². The van der Waals surface area contributed by atoms with Crippen molar-refractivity contribution in [1.82, 2.24) is 10.2 Å². The number of amides is 1. The SMILES string of the molecule is O=C(CCC(=O)c1ccc(Br)cc1)NC1CCN(CC2CCCC2)CC1. The van der Waals surface area contributed by atoms with Crippen molar-refractivity contribution in [2.75, 3.05) is 19.6 Å². The van der Waals surface area contributed by atoms with E-state index in [0.29, 0.717) is 5.56 Å². The molecule has 26 heavy (non-hydrogen) atoms. The van der Waals surface area contributed by atoms with Crippen LogP contribution in [-0.2, 0) is 4.79 Å². The first-order chi connectivity index (χ1) is 12.6. The molecule has 1 aromatic carbocycles. The number of ketones is 1. The summed E-state index contributed by atoms with van der Waals surface area (Å²) in [4.78, 5) is 26.9. The molecule has 1 aliphatic heterocycles. The number of benzene rings is 1. The van der Waals surface area contributed by atoms with Gasteiger partial charge < -0.3 is 10.2 Å². The third-order valence-corrected chi connectivity index (χ3v) is 6.22. The summed E-state index contributed by atoms with van der Waals surface area (Å²) < 4.78 is 0.950. The number of Topliss-reactive ketones (excluding diaryl/α,β-unsaturated/α-hetero) is 1. The molecule has 4 nitrogen and oxygen atoms in total. The Morgan fingerprint density at radius 3 is 2.31 bits per heavy atom. The number of likely N-dealkylation sites (tertiary alicyclic amines) is 1. The van der Waals surface area contributed by atoms with Crippen LogP contribution in [-0.4, -0.2) is 42.3 Å². The predicted molar refractivity (Wildman–Crippen MR) is 107 cm³/mol. The second-order valence-electron chi connectivity index (χ2n) is 7.72. The highest BCUT2D eigenvalue weighted by Crippen LogP contribution is 2.26. The number of carbonyl (C=O) groups excluding carboxylic acids is 2. The Morgan fingerprint density at radius 1 is 1.00 bits per heavy atom. The van der Waals surface area contributed by atoms with Crippen LogP contribution in [0.1, 0.15) is 61.7 Å². The van der Waals surface area contributed by atoms with Crippen LogP contribution < -0.4 is 5.32 Å². The number of hydrogen-bond donors (Lipinski definition) is 1. The largest absolute Gasteiger partial charge is 0.353 e. The Bertz CT molecular complexity index is 603. The minimum Gasteiger partial charge on any atom is -0.353 e. The van der Waals surface area contributed by atoms with E-state index >= 15 is 0 Å². The zero-order valence-electron chi connectivity index (χ0n) is 15.4. The third-order valence-electron chi connectivity index (χ3n) is 5.69. The topological polar surface area (TPSA) is 49.4 Å². The molecule has 1 saturated heterocycles. The molecule has 0 atom stereocenters. The zero-order chi connectivity index (χ0) is 18.4. The number of halogens is 1. The van der Waals surface area contributed by atoms with E-state index in [0.717, 1.165) is 36.3 Å². The van der Waals surface area contributed by atoms with Crippen LogP contribution in [0.25, 0.3) is 0 Å². The number of hydrogen-bond acceptors (Lipinski definition) is 3. The Labute approximate surface area is 164 Å². The summed E-state index contributed by atoms with van der Waals surface area (Å²) in [6.45, 7) is 3.40. The van der Waals surface area contributed by atoms with Crippen molar-refractivity contribution in [3.63, 3.8) is 0 Å². The Balaban J connectivity index is 1.33. The van der Waals surface area contributed by atoms with E-state index in [1.54, 1.807) is 12.1 Å². The van der Waals surface area contributed by atoms with Gasteiger partial charge in [0.15, 0.2) is 5.78 Å². The van der Waals surface area contributed by atoms with Crippen molar-refractivity contribution < 1.29 is 9.59 Å². The maximum Gasteiger partial charge on any atom is 0.220 e. The van der Waals surface area contributed by atoms with Crippen LogP contribution in [0.3, 0.4) is 0 Å². The zero-order valence-corrected chi connectivity index (χ0v) is 17.0. The normalized spacial score (nSPS) is 19.6. The van der Waals surface area contributed by atoms with E-state index in [2.05, 4.69) is 26.1 Å². The standard InChI is InChI=1S/C21H29BrN2O2/c22-18-7-5-17(6-8-18)20(25)9-10-21(26)23-19-11-13-24(14-12-19)15-16-3-1-2-4-16/h5-8,16,19H,1-4,9-15H2,(H,23,26). The molecule has 1 heterocycles. The van der Waals surface area contributed by atoms with Gasteiger partial charge in [-0.05, 0) is 43.7 Å². The van der Waals surface area contributed by atoms with E-state index in [-0.39, 0.29) is 30.6 Å². The first-order valence-corrected chi connectivity index (χ1v) is 10.7. The summed E-state index contributed by atoms with van der Waals surface area (Å²) in [6, 6.07) is 7.57. The van der Waals surface area contributed by atoms with Crippen LogP contribution in [0.2, 0.25) is 0 Å². The smallest absolute Gasteiger partial charge is 0.220 e. The van der Waals surface area contributed by atoms with Crippen molar-refractivity contribution in [2.24, 2.45) is 5.92 Å². The Morgan fingerprint density at radius 2 is 1.65 bits per heavy atom. The second kappa shape index (κ2) is 9.65. The van der Waals surface area contributed by atoms with E-state index in [1.807, 2.05) is 12.1 Å². The first kappa shape index (κ1) is 19.6. The average Bonchev–Trinajstić information content (AvgIpc) is 3.15. The summed E-state index contributed by atoms with van der Waals surface area (Å²) in [7, 11) is 0. The van der Waals surface area contributed by atoms with Gasteiger partial charge in [-0.2, -0.15) is 0 Å². The molecule has 1 aliphatic carbocycles. The number of piperidine rings is 1. The second-order valence-corrected chi connectivity index (χ2v) is 8.64. The lowest BCUT2D eigenvalue weighted by atomic mass is 10.0. The fourth-order valence-electron chi connectivity index (χ4n) is 4.12. The first-order valence-electron chi connectivity index (χ1n) is 9.90. The number of nitrogens with zero attached hydrogens (tertiary/aromatic N) is 1. The van der Waals surface area contributed by atoms with Gasteiger partial charge >= 0.3 is 0 Å². The summed E-state index contributed by atoms with van der Waals surface area (Å²) in [5, 5.41) is 3.12. The molecular weight excluding hydrogens is 392 g/mol. The van der Waals surface area contributed by atoms with Gasteiger partial charge in [-0.15, -0.1) is 0 Å². The lowest BCUT2D eigenvalue weighted by molar-refractivity contribution is -0.122. The van der Waals surface area contributed by atoms with E-state index in [4.69, 9.17) is 0 Å². The van der Waals surface area contributed by atoms with Gasteiger partial charge in [0.05, 0.1) is 0 Å². The molecule has 5 heteroatoms. The summed E-state index contributed by atoms with van der Waals surface area (Å²) in [5.41, 5.74) is 0.668. The van der Waals surface area contributed by atoms with E-state index < -0.39 is 0 Å². The van der Waals surface area contributed by atoms with Gasteiger partial charge in [-0.1, -0.05) is 40.9 Å². The molecule has 0 radical (unpaired) electrons. The molecule has 2 aliphatic rings. The van der Waals surface area contributed by atoms with Gasteiger partial charge in [0.25, 0.3) is 0 Å². The monoisotopic (exact) mass is 420 g/mol. The molecule has 1 saturated carbocycles. The van der Waals surface area contributed by atoms with Gasteiger partial charge in [0.2, 0.25) is 5.91 Å². The van der Waals surface area contributed by atoms with Crippen LogP contribution in [0, 0.1) is 5.92 Å². The quantitative estimate of drug-likeness (QED) is 0.672. The fourth-order valence-corrected chi connectivity index (χ4v) is 4.39. The lowest BCUT2D eigenvalue weighted by Crippen LogP contribution is -2.45. The highest BCUT2D eigenvalue weighted by Gasteiger charge is 2.24. The highest BCUT2D eigenvalue weighted by molar-refractivity contribution is 9.10. The van der Waals surface area contributed by atoms with E-state index in [1.165, 1.54) is 32.2 Å². The molecule has 0 unspecified atom stereocenters. The summed E-state index contributed by atoms with van der Waals surface area (Å²) >= 11 is 3.36. The molecule has 3 rings (SSSR count). The summed E-state index contributed by atoms with van der Waals surface area (Å²) in [6.07, 6.45) is 8.18. The van der Waals surface area contributed by atoms with Crippen LogP contribution >= 0.6 is 15.9 Å². The lowest BCUT2D eigenvalue weighted by Gasteiger charge is -2.33.